The predicted octanol–water partition coefficient (Wildman–Crippen LogP) is 3.06. The van der Waals surface area contributed by atoms with Crippen LogP contribution in [0.5, 0.6) is 5.75 Å². The van der Waals surface area contributed by atoms with Crippen LogP contribution in [0.25, 0.3) is 0 Å². The highest BCUT2D eigenvalue weighted by molar-refractivity contribution is 6.06. The monoisotopic (exact) mass is 439 g/mol. The predicted molar refractivity (Wildman–Crippen MR) is 118 cm³/mol. The summed E-state index contributed by atoms with van der Waals surface area (Å²) >= 11 is 0. The van der Waals surface area contributed by atoms with Gasteiger partial charge in [0, 0.05) is 16.8 Å². The van der Waals surface area contributed by atoms with E-state index >= 15 is 0 Å². The fraction of sp³-hybridized carbons (Fsp3) is 0.304. The van der Waals surface area contributed by atoms with Crippen molar-refractivity contribution in [2.75, 3.05) is 19.0 Å². The molecular weight excluding hydrogens is 414 g/mol. The standard InChI is InChI=1S/C23H25N3O6/c1-3-31-20(27)13-18-10-8-16-12-17(9-11-19(16)32-18)25-22(28)15-6-4-14(5-7-15)21(24)26-23(29)30-2/h4-7,9,11-12,18H,3,8,10,13H2,1-2H3,(H,25,28)(H2,24,26,29). The molecule has 3 rings (SSSR count). The van der Waals surface area contributed by atoms with Gasteiger partial charge in [0.25, 0.3) is 5.91 Å². The van der Waals surface area contributed by atoms with E-state index in [1.165, 1.54) is 7.11 Å². The van der Waals surface area contributed by atoms with Gasteiger partial charge < -0.3 is 25.3 Å². The third kappa shape index (κ3) is 5.84. The Morgan fingerprint density at radius 3 is 2.56 bits per heavy atom. The number of esters is 1. The molecule has 0 saturated heterocycles. The number of hydrogen-bond donors (Lipinski definition) is 2. The van der Waals surface area contributed by atoms with E-state index < -0.39 is 6.09 Å². The molecule has 3 N–H and O–H groups in total. The number of aryl methyl sites for hydroxylation is 1. The Morgan fingerprint density at radius 1 is 1.16 bits per heavy atom. The lowest BCUT2D eigenvalue weighted by Gasteiger charge is -2.26. The van der Waals surface area contributed by atoms with Crippen molar-refractivity contribution in [1.29, 1.82) is 0 Å². The molecule has 0 fully saturated rings. The lowest BCUT2D eigenvalue weighted by molar-refractivity contribution is -0.145. The van der Waals surface area contributed by atoms with E-state index in [1.54, 1.807) is 43.3 Å². The molecule has 0 aromatic heterocycles. The Morgan fingerprint density at radius 2 is 1.88 bits per heavy atom. The molecule has 2 aromatic rings. The molecule has 168 valence electrons. The fourth-order valence-electron chi connectivity index (χ4n) is 3.28. The number of nitrogens with two attached hydrogens (primary N) is 1. The Labute approximate surface area is 185 Å². The van der Waals surface area contributed by atoms with Crippen LogP contribution in [0.1, 0.15) is 41.3 Å². The fourth-order valence-corrected chi connectivity index (χ4v) is 3.28. The third-order valence-electron chi connectivity index (χ3n) is 4.88. The number of hydrogen-bond acceptors (Lipinski definition) is 6. The largest absolute Gasteiger partial charge is 0.490 e. The minimum atomic E-state index is -0.798. The minimum Gasteiger partial charge on any atom is -0.490 e. The smallest absolute Gasteiger partial charge is 0.435 e. The summed E-state index contributed by atoms with van der Waals surface area (Å²) in [6.45, 7) is 2.12. The van der Waals surface area contributed by atoms with Gasteiger partial charge in [0.1, 0.15) is 17.7 Å². The van der Waals surface area contributed by atoms with Crippen LogP contribution in [0.4, 0.5) is 10.5 Å². The summed E-state index contributed by atoms with van der Waals surface area (Å²) in [5, 5.41) is 2.85. The van der Waals surface area contributed by atoms with Crippen LogP contribution < -0.4 is 15.8 Å². The van der Waals surface area contributed by atoms with E-state index in [0.717, 1.165) is 12.0 Å². The molecular formula is C23H25N3O6. The van der Waals surface area contributed by atoms with Crippen LogP contribution >= 0.6 is 0 Å². The second kappa shape index (κ2) is 10.4. The number of benzene rings is 2. The first-order chi connectivity index (χ1) is 15.4. The number of nitrogens with one attached hydrogen (secondary N) is 1. The number of carbonyl (C=O) groups is 3. The van der Waals surface area contributed by atoms with Gasteiger partial charge >= 0.3 is 12.1 Å². The minimum absolute atomic E-state index is 0.000226. The summed E-state index contributed by atoms with van der Waals surface area (Å²) in [5.41, 5.74) is 8.26. The molecule has 9 nitrogen and oxygen atoms in total. The van der Waals surface area contributed by atoms with Crippen molar-refractivity contribution in [3.8, 4) is 5.75 Å². The normalized spacial score (nSPS) is 15.2. The molecule has 2 amide bonds. The zero-order valence-corrected chi connectivity index (χ0v) is 17.9. The molecule has 1 atom stereocenters. The van der Waals surface area contributed by atoms with E-state index in [1.807, 2.05) is 6.07 Å². The number of ether oxygens (including phenoxy) is 3. The molecule has 1 unspecified atom stereocenters. The molecule has 0 spiro atoms. The first kappa shape index (κ1) is 22.8. The number of nitrogens with zero attached hydrogens (tertiary/aromatic N) is 1. The maximum Gasteiger partial charge on any atom is 0.435 e. The van der Waals surface area contributed by atoms with Crippen molar-refractivity contribution >= 4 is 29.5 Å². The number of methoxy groups -OCH3 is 1. The van der Waals surface area contributed by atoms with Gasteiger partial charge in [-0.2, -0.15) is 4.99 Å². The zero-order valence-electron chi connectivity index (χ0n) is 17.9. The summed E-state index contributed by atoms with van der Waals surface area (Å²) in [6.07, 6.45) is 0.635. The van der Waals surface area contributed by atoms with E-state index in [-0.39, 0.29) is 30.2 Å². The number of fused-ring (bicyclic) bond motifs is 1. The first-order valence-corrected chi connectivity index (χ1v) is 10.2. The average molecular weight is 439 g/mol. The van der Waals surface area contributed by atoms with Crippen LogP contribution in [0.3, 0.4) is 0 Å². The van der Waals surface area contributed by atoms with Crippen LogP contribution in [-0.4, -0.2) is 43.6 Å². The highest BCUT2D eigenvalue weighted by atomic mass is 16.5. The number of amidine groups is 1. The maximum atomic E-state index is 12.6. The molecule has 0 bridgehead atoms. The van der Waals surface area contributed by atoms with Crippen LogP contribution in [0, 0.1) is 0 Å². The van der Waals surface area contributed by atoms with Crippen molar-refractivity contribution in [2.45, 2.75) is 32.3 Å². The second-order valence-electron chi connectivity index (χ2n) is 7.11. The lowest BCUT2D eigenvalue weighted by Crippen LogP contribution is -2.26. The van der Waals surface area contributed by atoms with Gasteiger partial charge in [-0.25, -0.2) is 4.79 Å². The summed E-state index contributed by atoms with van der Waals surface area (Å²) in [7, 11) is 1.21. The quantitative estimate of drug-likeness (QED) is 0.402. The lowest BCUT2D eigenvalue weighted by atomic mass is 10.00. The van der Waals surface area contributed by atoms with Gasteiger partial charge in [0.05, 0.1) is 20.1 Å². The summed E-state index contributed by atoms with van der Waals surface area (Å²) in [4.78, 5) is 39.0. The van der Waals surface area contributed by atoms with Gasteiger partial charge in [0.15, 0.2) is 0 Å². The summed E-state index contributed by atoms with van der Waals surface area (Å²) in [6, 6.07) is 11.8. The molecule has 32 heavy (non-hydrogen) atoms. The van der Waals surface area contributed by atoms with Gasteiger partial charge in [-0.05, 0) is 55.7 Å². The summed E-state index contributed by atoms with van der Waals surface area (Å²) < 4.78 is 15.3. The van der Waals surface area contributed by atoms with Crippen molar-refractivity contribution in [3.05, 3.63) is 59.2 Å². The highest BCUT2D eigenvalue weighted by Crippen LogP contribution is 2.31. The topological polar surface area (TPSA) is 129 Å². The van der Waals surface area contributed by atoms with Crippen molar-refractivity contribution in [2.24, 2.45) is 10.7 Å². The Balaban J connectivity index is 1.62. The number of rotatable bonds is 6. The molecule has 0 radical (unpaired) electrons. The molecule has 0 aliphatic carbocycles. The van der Waals surface area contributed by atoms with Gasteiger partial charge in [-0.1, -0.05) is 12.1 Å². The van der Waals surface area contributed by atoms with Crippen LogP contribution in [0.2, 0.25) is 0 Å². The van der Waals surface area contributed by atoms with E-state index in [0.29, 0.717) is 35.6 Å². The zero-order chi connectivity index (χ0) is 23.1. The van der Waals surface area contributed by atoms with Crippen LogP contribution in [-0.2, 0) is 20.7 Å². The highest BCUT2D eigenvalue weighted by Gasteiger charge is 2.23. The molecule has 9 heteroatoms. The van der Waals surface area contributed by atoms with Crippen molar-refractivity contribution < 1.29 is 28.6 Å². The number of aliphatic imine (C=N–C) groups is 1. The number of carbonyl (C=O) groups excluding carboxylic acids is 3. The maximum absolute atomic E-state index is 12.6. The Hall–Kier alpha value is -3.88. The van der Waals surface area contributed by atoms with E-state index in [2.05, 4.69) is 15.0 Å². The molecule has 0 saturated carbocycles. The van der Waals surface area contributed by atoms with E-state index in [9.17, 15) is 14.4 Å². The molecule has 1 aliphatic heterocycles. The Kier molecular flexibility index (Phi) is 7.43. The SMILES string of the molecule is CCOC(=O)CC1CCc2cc(NC(=O)c3ccc(/C(N)=N\C(=O)OC)cc3)ccc2O1. The molecule has 1 aliphatic rings. The van der Waals surface area contributed by atoms with Gasteiger partial charge in [-0.15, -0.1) is 0 Å². The number of amides is 2. The average Bonchev–Trinajstić information content (AvgIpc) is 2.79. The molecule has 2 aromatic carbocycles. The first-order valence-electron chi connectivity index (χ1n) is 10.2. The van der Waals surface area contributed by atoms with Gasteiger partial charge in [-0.3, -0.25) is 9.59 Å². The number of anilines is 1. The van der Waals surface area contributed by atoms with Crippen molar-refractivity contribution in [3.63, 3.8) is 0 Å². The van der Waals surface area contributed by atoms with Crippen molar-refractivity contribution in [1.82, 2.24) is 0 Å². The Bertz CT molecular complexity index is 1030. The summed E-state index contributed by atoms with van der Waals surface area (Å²) in [5.74, 6) is 0.138. The second-order valence-corrected chi connectivity index (χ2v) is 7.11. The van der Waals surface area contributed by atoms with Crippen LogP contribution in [0.15, 0.2) is 47.5 Å². The molecule has 1 heterocycles. The third-order valence-corrected chi connectivity index (χ3v) is 4.88. The van der Waals surface area contributed by atoms with E-state index in [4.69, 9.17) is 15.2 Å². The van der Waals surface area contributed by atoms with Gasteiger partial charge in [0.2, 0.25) is 0 Å².